The number of aliphatic hydroxyl groups excluding tert-OH is 1. The maximum absolute atomic E-state index is 10.1. The largest absolute Gasteiger partial charge is 0.382 e. The van der Waals surface area contributed by atoms with Crippen LogP contribution in [0.4, 0.5) is 0 Å². The lowest BCUT2D eigenvalue weighted by atomic mass is 10.1. The van der Waals surface area contributed by atoms with Crippen molar-refractivity contribution in [2.45, 2.75) is 13.0 Å². The van der Waals surface area contributed by atoms with E-state index in [1.54, 1.807) is 17.9 Å². The molecule has 0 bridgehead atoms. The lowest BCUT2D eigenvalue weighted by Crippen LogP contribution is -2.07. The third-order valence-corrected chi connectivity index (χ3v) is 2.74. The summed E-state index contributed by atoms with van der Waals surface area (Å²) >= 11 is 5.96. The zero-order valence-corrected chi connectivity index (χ0v) is 9.81. The van der Waals surface area contributed by atoms with Gasteiger partial charge in [-0.25, -0.2) is 0 Å². The SMILES string of the molecule is Cc1ccc(C(O)c2c(Cl)cnn2C)cn1. The Morgan fingerprint density at radius 2 is 2.12 bits per heavy atom. The first-order valence-electron chi connectivity index (χ1n) is 4.87. The standard InChI is InChI=1S/C11H12ClN3O/c1-7-3-4-8(5-13-7)11(16)10-9(12)6-14-15(10)2/h3-6,11,16H,1-2H3. The molecule has 16 heavy (non-hydrogen) atoms. The van der Waals surface area contributed by atoms with Crippen molar-refractivity contribution in [2.75, 3.05) is 0 Å². The minimum absolute atomic E-state index is 0.454. The van der Waals surface area contributed by atoms with Gasteiger partial charge >= 0.3 is 0 Å². The second kappa shape index (κ2) is 4.23. The van der Waals surface area contributed by atoms with Crippen LogP contribution < -0.4 is 0 Å². The number of aryl methyl sites for hydroxylation is 2. The molecule has 0 aliphatic carbocycles. The average Bonchev–Trinajstić information content (AvgIpc) is 2.59. The van der Waals surface area contributed by atoms with Crippen molar-refractivity contribution in [3.05, 3.63) is 46.5 Å². The summed E-state index contributed by atoms with van der Waals surface area (Å²) in [5.41, 5.74) is 2.19. The molecule has 0 spiro atoms. The van der Waals surface area contributed by atoms with Gasteiger partial charge in [-0.05, 0) is 13.0 Å². The quantitative estimate of drug-likeness (QED) is 0.868. The fraction of sp³-hybridized carbons (Fsp3) is 0.273. The molecule has 0 aliphatic rings. The van der Waals surface area contributed by atoms with E-state index >= 15 is 0 Å². The Hall–Kier alpha value is -1.39. The topological polar surface area (TPSA) is 50.9 Å². The van der Waals surface area contributed by atoms with Gasteiger partial charge in [-0.3, -0.25) is 9.67 Å². The number of halogens is 1. The van der Waals surface area contributed by atoms with Gasteiger partial charge in [0.15, 0.2) is 0 Å². The molecule has 0 aromatic carbocycles. The lowest BCUT2D eigenvalue weighted by molar-refractivity contribution is 0.209. The molecular weight excluding hydrogens is 226 g/mol. The number of nitrogens with zero attached hydrogens (tertiary/aromatic N) is 3. The number of pyridine rings is 1. The van der Waals surface area contributed by atoms with Crippen molar-refractivity contribution in [2.24, 2.45) is 7.05 Å². The zero-order valence-electron chi connectivity index (χ0n) is 9.05. The summed E-state index contributed by atoms with van der Waals surface area (Å²) < 4.78 is 1.56. The van der Waals surface area contributed by atoms with Crippen molar-refractivity contribution >= 4 is 11.6 Å². The second-order valence-electron chi connectivity index (χ2n) is 3.64. The normalized spacial score (nSPS) is 12.8. The average molecular weight is 238 g/mol. The van der Waals surface area contributed by atoms with Crippen molar-refractivity contribution in [1.82, 2.24) is 14.8 Å². The van der Waals surface area contributed by atoms with Gasteiger partial charge in [0.1, 0.15) is 6.10 Å². The Morgan fingerprint density at radius 3 is 2.62 bits per heavy atom. The summed E-state index contributed by atoms with van der Waals surface area (Å²) in [5.74, 6) is 0. The Labute approximate surface area is 98.5 Å². The van der Waals surface area contributed by atoms with Crippen LogP contribution in [0.1, 0.15) is 23.1 Å². The van der Waals surface area contributed by atoms with Crippen LogP contribution in [0.15, 0.2) is 24.5 Å². The molecule has 0 saturated heterocycles. The highest BCUT2D eigenvalue weighted by atomic mass is 35.5. The molecule has 0 aliphatic heterocycles. The number of hydrogen-bond donors (Lipinski definition) is 1. The number of aromatic nitrogens is 3. The summed E-state index contributed by atoms with van der Waals surface area (Å²) in [6, 6.07) is 3.68. The predicted octanol–water partition coefficient (Wildman–Crippen LogP) is 1.86. The maximum Gasteiger partial charge on any atom is 0.124 e. The molecular formula is C11H12ClN3O. The Kier molecular flexibility index (Phi) is 2.94. The number of rotatable bonds is 2. The zero-order chi connectivity index (χ0) is 11.7. The summed E-state index contributed by atoms with van der Waals surface area (Å²) in [4.78, 5) is 4.14. The summed E-state index contributed by atoms with van der Waals surface area (Å²) in [6.45, 7) is 1.90. The first kappa shape index (κ1) is 11.1. The van der Waals surface area contributed by atoms with E-state index in [0.717, 1.165) is 5.69 Å². The smallest absolute Gasteiger partial charge is 0.124 e. The molecule has 2 aromatic rings. The molecule has 2 heterocycles. The molecule has 0 radical (unpaired) electrons. The molecule has 0 amide bonds. The molecule has 1 unspecified atom stereocenters. The van der Waals surface area contributed by atoms with Crippen LogP contribution in [0, 0.1) is 6.92 Å². The van der Waals surface area contributed by atoms with E-state index in [1.807, 2.05) is 19.1 Å². The van der Waals surface area contributed by atoms with E-state index in [-0.39, 0.29) is 0 Å². The van der Waals surface area contributed by atoms with Crippen molar-refractivity contribution in [3.63, 3.8) is 0 Å². The third kappa shape index (κ3) is 1.94. The van der Waals surface area contributed by atoms with E-state index in [0.29, 0.717) is 16.3 Å². The molecule has 84 valence electrons. The van der Waals surface area contributed by atoms with Gasteiger partial charge in [0.2, 0.25) is 0 Å². The molecule has 0 saturated carbocycles. The van der Waals surface area contributed by atoms with Gasteiger partial charge in [-0.1, -0.05) is 17.7 Å². The highest BCUT2D eigenvalue weighted by Gasteiger charge is 2.18. The number of aliphatic hydroxyl groups is 1. The second-order valence-corrected chi connectivity index (χ2v) is 4.04. The van der Waals surface area contributed by atoms with Crippen LogP contribution in [0.5, 0.6) is 0 Å². The Bertz CT molecular complexity index is 473. The molecule has 2 rings (SSSR count). The van der Waals surface area contributed by atoms with Crippen molar-refractivity contribution in [1.29, 1.82) is 0 Å². The molecule has 1 N–H and O–H groups in total. The molecule has 0 fully saturated rings. The van der Waals surface area contributed by atoms with E-state index in [4.69, 9.17) is 11.6 Å². The minimum atomic E-state index is -0.798. The molecule has 2 aromatic heterocycles. The molecule has 1 atom stereocenters. The highest BCUT2D eigenvalue weighted by Crippen LogP contribution is 2.26. The van der Waals surface area contributed by atoms with Crippen LogP contribution in [-0.4, -0.2) is 19.9 Å². The van der Waals surface area contributed by atoms with Crippen LogP contribution in [0.25, 0.3) is 0 Å². The van der Waals surface area contributed by atoms with Crippen LogP contribution >= 0.6 is 11.6 Å². The summed E-state index contributed by atoms with van der Waals surface area (Å²) in [6.07, 6.45) is 2.36. The first-order chi connectivity index (χ1) is 7.59. The monoisotopic (exact) mass is 237 g/mol. The van der Waals surface area contributed by atoms with Crippen LogP contribution in [-0.2, 0) is 7.05 Å². The third-order valence-electron chi connectivity index (χ3n) is 2.45. The van der Waals surface area contributed by atoms with Gasteiger partial charge in [0.25, 0.3) is 0 Å². The Balaban J connectivity index is 2.39. The van der Waals surface area contributed by atoms with E-state index in [1.165, 1.54) is 6.20 Å². The fourth-order valence-electron chi connectivity index (χ4n) is 1.53. The van der Waals surface area contributed by atoms with Gasteiger partial charge in [0, 0.05) is 24.5 Å². The van der Waals surface area contributed by atoms with E-state index in [9.17, 15) is 5.11 Å². The van der Waals surface area contributed by atoms with E-state index in [2.05, 4.69) is 10.1 Å². The van der Waals surface area contributed by atoms with Gasteiger partial charge in [-0.15, -0.1) is 0 Å². The summed E-state index contributed by atoms with van der Waals surface area (Å²) in [7, 11) is 1.74. The maximum atomic E-state index is 10.1. The van der Waals surface area contributed by atoms with Gasteiger partial charge in [-0.2, -0.15) is 5.10 Å². The predicted molar refractivity (Wildman–Crippen MR) is 61.3 cm³/mol. The van der Waals surface area contributed by atoms with Crippen molar-refractivity contribution in [3.8, 4) is 0 Å². The lowest BCUT2D eigenvalue weighted by Gasteiger charge is -2.11. The fourth-order valence-corrected chi connectivity index (χ4v) is 1.80. The molecule has 5 heteroatoms. The first-order valence-corrected chi connectivity index (χ1v) is 5.25. The Morgan fingerprint density at radius 1 is 1.38 bits per heavy atom. The van der Waals surface area contributed by atoms with Crippen molar-refractivity contribution < 1.29 is 5.11 Å². The molecule has 4 nitrogen and oxygen atoms in total. The van der Waals surface area contributed by atoms with Gasteiger partial charge < -0.3 is 5.11 Å². The van der Waals surface area contributed by atoms with E-state index < -0.39 is 6.10 Å². The minimum Gasteiger partial charge on any atom is -0.382 e. The highest BCUT2D eigenvalue weighted by molar-refractivity contribution is 6.31. The van der Waals surface area contributed by atoms with Gasteiger partial charge in [0.05, 0.1) is 16.9 Å². The van der Waals surface area contributed by atoms with Crippen LogP contribution in [0.2, 0.25) is 5.02 Å². The summed E-state index contributed by atoms with van der Waals surface area (Å²) in [5, 5.41) is 14.6. The number of hydrogen-bond acceptors (Lipinski definition) is 3. The van der Waals surface area contributed by atoms with Crippen LogP contribution in [0.3, 0.4) is 0 Å².